The molecule has 0 bridgehead atoms. The molecule has 1 atom stereocenters. The van der Waals surface area contributed by atoms with E-state index >= 15 is 0 Å². The summed E-state index contributed by atoms with van der Waals surface area (Å²) in [6.07, 6.45) is 5.06. The van der Waals surface area contributed by atoms with Gasteiger partial charge in [0.05, 0.1) is 29.6 Å². The van der Waals surface area contributed by atoms with Gasteiger partial charge in [-0.1, -0.05) is 65.7 Å². The summed E-state index contributed by atoms with van der Waals surface area (Å²) in [4.78, 5) is 13.0. The number of aromatic nitrogens is 2. The molecule has 39 heavy (non-hydrogen) atoms. The van der Waals surface area contributed by atoms with Gasteiger partial charge >= 0.3 is 6.09 Å². The minimum Gasteiger partial charge on any atom is -0.497 e. The average Bonchev–Trinajstić information content (AvgIpc) is 3.14. The molecule has 1 aliphatic carbocycles. The summed E-state index contributed by atoms with van der Waals surface area (Å²) in [5.41, 5.74) is 5.51. The van der Waals surface area contributed by atoms with Crippen LogP contribution in [0.3, 0.4) is 0 Å². The van der Waals surface area contributed by atoms with Gasteiger partial charge in [0.15, 0.2) is 0 Å². The van der Waals surface area contributed by atoms with Crippen molar-refractivity contribution in [2.75, 3.05) is 7.11 Å². The van der Waals surface area contributed by atoms with Crippen LogP contribution in [-0.2, 0) is 6.42 Å². The van der Waals surface area contributed by atoms with Gasteiger partial charge in [0.1, 0.15) is 5.75 Å². The van der Waals surface area contributed by atoms with Gasteiger partial charge in [-0.25, -0.2) is 9.48 Å². The summed E-state index contributed by atoms with van der Waals surface area (Å²) >= 11 is 12.8. The topological polar surface area (TPSA) is 65.4 Å². The lowest BCUT2D eigenvalue weighted by molar-refractivity contribution is 0.194. The number of hydrogen-bond donors (Lipinski definition) is 1. The maximum atomic E-state index is 13.0. The van der Waals surface area contributed by atoms with E-state index in [0.717, 1.165) is 59.4 Å². The van der Waals surface area contributed by atoms with E-state index in [4.69, 9.17) is 37.8 Å². The molecule has 0 radical (unpaired) electrons. The van der Waals surface area contributed by atoms with Crippen molar-refractivity contribution < 1.29 is 14.3 Å². The van der Waals surface area contributed by atoms with Crippen molar-refractivity contribution in [1.29, 1.82) is 0 Å². The summed E-state index contributed by atoms with van der Waals surface area (Å²) in [5, 5.41) is 8.68. The fourth-order valence-corrected chi connectivity index (χ4v) is 5.28. The van der Waals surface area contributed by atoms with Crippen molar-refractivity contribution in [3.8, 4) is 17.3 Å². The third-order valence-corrected chi connectivity index (χ3v) is 7.33. The fraction of sp³-hybridized carbons (Fsp3) is 0.226. The molecule has 0 aliphatic heterocycles. The van der Waals surface area contributed by atoms with Gasteiger partial charge in [-0.2, -0.15) is 0 Å². The van der Waals surface area contributed by atoms with Gasteiger partial charge in [0.2, 0.25) is 5.88 Å². The van der Waals surface area contributed by atoms with E-state index in [1.165, 1.54) is 0 Å². The molecule has 3 aromatic carbocycles. The van der Waals surface area contributed by atoms with Gasteiger partial charge in [0.25, 0.3) is 0 Å². The average molecular weight is 562 g/mol. The molecule has 4 aromatic rings. The Balaban J connectivity index is 1.56. The molecule has 1 aliphatic rings. The van der Waals surface area contributed by atoms with E-state index < -0.39 is 6.09 Å². The molecule has 8 heteroatoms. The van der Waals surface area contributed by atoms with Crippen molar-refractivity contribution >= 4 is 40.9 Å². The van der Waals surface area contributed by atoms with E-state index in [1.54, 1.807) is 23.9 Å². The maximum Gasteiger partial charge on any atom is 0.414 e. The highest BCUT2D eigenvalue weighted by atomic mass is 35.5. The third kappa shape index (κ3) is 6.13. The lowest BCUT2D eigenvalue weighted by Crippen LogP contribution is -2.29. The van der Waals surface area contributed by atoms with Crippen molar-refractivity contribution in [3.63, 3.8) is 0 Å². The molecule has 1 heterocycles. The normalized spacial score (nSPS) is 14.8. The first-order chi connectivity index (χ1) is 18.9. The predicted molar refractivity (Wildman–Crippen MR) is 156 cm³/mol. The number of rotatable bonds is 6. The van der Waals surface area contributed by atoms with E-state index in [2.05, 4.69) is 11.4 Å². The van der Waals surface area contributed by atoms with Crippen LogP contribution in [0.4, 0.5) is 4.79 Å². The highest BCUT2D eigenvalue weighted by Gasteiger charge is 2.27. The first-order valence-electron chi connectivity index (χ1n) is 12.9. The summed E-state index contributed by atoms with van der Waals surface area (Å²) < 4.78 is 13.0. The van der Waals surface area contributed by atoms with Gasteiger partial charge in [-0.3, -0.25) is 0 Å². The van der Waals surface area contributed by atoms with Crippen molar-refractivity contribution in [2.45, 2.75) is 38.6 Å². The lowest BCUT2D eigenvalue weighted by atomic mass is 10.0. The summed E-state index contributed by atoms with van der Waals surface area (Å²) in [7, 11) is 1.65. The quantitative estimate of drug-likeness (QED) is 0.240. The first kappa shape index (κ1) is 26.9. The molecule has 200 valence electrons. The molecule has 0 saturated heterocycles. The number of carbonyl (C=O) groups excluding carboxylic acids is 1. The molecule has 5 rings (SSSR count). The predicted octanol–water partition coefficient (Wildman–Crippen LogP) is 8.30. The molecule has 0 spiro atoms. The van der Waals surface area contributed by atoms with Crippen LogP contribution in [0.25, 0.3) is 17.3 Å². The Bertz CT molecular complexity index is 1500. The maximum absolute atomic E-state index is 13.0. The Hall–Kier alpha value is -3.74. The molecule has 1 amide bonds. The number of benzene rings is 3. The molecule has 6 nitrogen and oxygen atoms in total. The number of fused-ring (bicyclic) bond motifs is 1. The van der Waals surface area contributed by atoms with Crippen molar-refractivity contribution in [1.82, 2.24) is 15.1 Å². The Labute approximate surface area is 238 Å². The Morgan fingerprint density at radius 1 is 1.03 bits per heavy atom. The first-order valence-corrected chi connectivity index (χ1v) is 13.6. The Morgan fingerprint density at radius 2 is 1.77 bits per heavy atom. The SMILES string of the molecule is COc1ccc(/C=C2\CCCCc3c(OC(=O)N[C@H](C)c4ccccc4)nn(-c4ccc(Cl)cc4Cl)c32)cc1. The minimum absolute atomic E-state index is 0.226. The van der Waals surface area contributed by atoms with E-state index in [0.29, 0.717) is 15.7 Å². The monoisotopic (exact) mass is 561 g/mol. The zero-order valence-corrected chi connectivity index (χ0v) is 23.3. The molecule has 0 unspecified atom stereocenters. The number of nitrogens with zero attached hydrogens (tertiary/aromatic N) is 2. The highest BCUT2D eigenvalue weighted by molar-refractivity contribution is 6.35. The number of amides is 1. The zero-order chi connectivity index (χ0) is 27.4. The molecule has 0 fully saturated rings. The second-order valence-corrected chi connectivity index (χ2v) is 10.3. The molecule has 1 N–H and O–H groups in total. The van der Waals surface area contributed by atoms with Gasteiger partial charge < -0.3 is 14.8 Å². The molecule has 0 saturated carbocycles. The standard InChI is InChI=1S/C31H29Cl2N3O3/c1-20(22-8-4-3-5-9-22)34-31(37)39-30-26-11-7-6-10-23(18-21-12-15-25(38-2)16-13-21)29(26)36(35-30)28-17-14-24(32)19-27(28)33/h3-5,8-9,12-20H,6-7,10-11H2,1-2H3,(H,34,37)/b23-18+/t20-/m1/s1. The number of allylic oxidation sites excluding steroid dienone is 1. The molecular weight excluding hydrogens is 533 g/mol. The van der Waals surface area contributed by atoms with Crippen LogP contribution in [0.1, 0.15) is 54.6 Å². The lowest BCUT2D eigenvalue weighted by Gasteiger charge is -2.13. The summed E-state index contributed by atoms with van der Waals surface area (Å²) in [6, 6.07) is 22.7. The van der Waals surface area contributed by atoms with Crippen LogP contribution in [0.15, 0.2) is 72.8 Å². The largest absolute Gasteiger partial charge is 0.497 e. The summed E-state index contributed by atoms with van der Waals surface area (Å²) in [6.45, 7) is 1.92. The number of halogens is 2. The zero-order valence-electron chi connectivity index (χ0n) is 21.8. The van der Waals surface area contributed by atoms with Crippen LogP contribution in [-0.4, -0.2) is 23.0 Å². The van der Waals surface area contributed by atoms with Gasteiger partial charge in [-0.05, 0) is 85.7 Å². The van der Waals surface area contributed by atoms with Crippen LogP contribution in [0, 0.1) is 0 Å². The minimum atomic E-state index is -0.564. The van der Waals surface area contributed by atoms with Gasteiger partial charge in [-0.15, -0.1) is 5.10 Å². The van der Waals surface area contributed by atoms with Gasteiger partial charge in [0, 0.05) is 10.6 Å². The number of nitrogens with one attached hydrogen (secondary N) is 1. The molecular formula is C31H29Cl2N3O3. The van der Waals surface area contributed by atoms with E-state index in [9.17, 15) is 4.79 Å². The number of hydrogen-bond acceptors (Lipinski definition) is 4. The Morgan fingerprint density at radius 3 is 2.49 bits per heavy atom. The van der Waals surface area contributed by atoms with Crippen LogP contribution in [0.2, 0.25) is 10.0 Å². The van der Waals surface area contributed by atoms with Crippen LogP contribution >= 0.6 is 23.2 Å². The second kappa shape index (κ2) is 12.0. The van der Waals surface area contributed by atoms with Crippen LogP contribution < -0.4 is 14.8 Å². The number of carbonyl (C=O) groups is 1. The second-order valence-electron chi connectivity index (χ2n) is 9.46. The third-order valence-electron chi connectivity index (χ3n) is 6.79. The summed E-state index contributed by atoms with van der Waals surface area (Å²) in [5.74, 6) is 1.07. The number of methoxy groups -OCH3 is 1. The van der Waals surface area contributed by atoms with Crippen molar-refractivity contribution in [2.24, 2.45) is 0 Å². The van der Waals surface area contributed by atoms with E-state index in [-0.39, 0.29) is 11.9 Å². The smallest absolute Gasteiger partial charge is 0.414 e. The molecule has 1 aromatic heterocycles. The fourth-order valence-electron chi connectivity index (χ4n) is 4.79. The van der Waals surface area contributed by atoms with Crippen molar-refractivity contribution in [3.05, 3.63) is 105 Å². The van der Waals surface area contributed by atoms with E-state index in [1.807, 2.05) is 67.6 Å². The number of ether oxygens (including phenoxy) is 2. The van der Waals surface area contributed by atoms with Crippen LogP contribution in [0.5, 0.6) is 11.6 Å². The Kier molecular flexibility index (Phi) is 8.24. The highest BCUT2D eigenvalue weighted by Crippen LogP contribution is 2.39.